The molecule has 0 aliphatic carbocycles. The molecule has 0 fully saturated rings. The molecule has 0 unspecified atom stereocenters. The standard InChI is InChI=1S/C18H18O6/c19-7-1-2-11-3-6-15-16(8-11)23-17(10-20)18(24-15)12-4-5-13(21)14(22)9-12/h1-6,8-9,17-22H,7,10H2/b2-1+/t17-,18-/m1/s1. The van der Waals surface area contributed by atoms with Crippen molar-refractivity contribution in [2.45, 2.75) is 12.2 Å². The lowest BCUT2D eigenvalue weighted by Crippen LogP contribution is -2.36. The summed E-state index contributed by atoms with van der Waals surface area (Å²) >= 11 is 0. The monoisotopic (exact) mass is 330 g/mol. The Morgan fingerprint density at radius 3 is 2.46 bits per heavy atom. The van der Waals surface area contributed by atoms with Gasteiger partial charge >= 0.3 is 0 Å². The van der Waals surface area contributed by atoms with Crippen LogP contribution in [0.2, 0.25) is 0 Å². The van der Waals surface area contributed by atoms with Crippen LogP contribution >= 0.6 is 0 Å². The molecule has 2 aromatic carbocycles. The van der Waals surface area contributed by atoms with E-state index in [0.717, 1.165) is 5.56 Å². The largest absolute Gasteiger partial charge is 0.504 e. The Morgan fingerprint density at radius 1 is 0.917 bits per heavy atom. The van der Waals surface area contributed by atoms with Crippen molar-refractivity contribution >= 4 is 6.08 Å². The first-order valence-corrected chi connectivity index (χ1v) is 7.50. The van der Waals surface area contributed by atoms with Crippen molar-refractivity contribution in [2.24, 2.45) is 0 Å². The molecule has 0 amide bonds. The first-order chi connectivity index (χ1) is 11.6. The highest BCUT2D eigenvalue weighted by Crippen LogP contribution is 2.41. The third-order valence-corrected chi connectivity index (χ3v) is 3.76. The molecule has 1 aliphatic heterocycles. The fraction of sp³-hybridized carbons (Fsp3) is 0.222. The molecule has 1 heterocycles. The Kier molecular flexibility index (Phi) is 4.59. The van der Waals surface area contributed by atoms with Crippen LogP contribution in [0.3, 0.4) is 0 Å². The van der Waals surface area contributed by atoms with E-state index in [1.54, 1.807) is 30.4 Å². The van der Waals surface area contributed by atoms with Crippen molar-refractivity contribution in [2.75, 3.05) is 13.2 Å². The van der Waals surface area contributed by atoms with Crippen LogP contribution in [0.5, 0.6) is 23.0 Å². The molecule has 0 saturated heterocycles. The third kappa shape index (κ3) is 3.15. The summed E-state index contributed by atoms with van der Waals surface area (Å²) in [5.41, 5.74) is 1.42. The van der Waals surface area contributed by atoms with Crippen LogP contribution in [0.1, 0.15) is 17.2 Å². The van der Waals surface area contributed by atoms with E-state index in [1.165, 1.54) is 12.1 Å². The SMILES string of the molecule is OC/C=C/c1ccc2c(c1)O[C@H](CO)[C@@H](c1ccc(O)c(O)c1)O2. The number of rotatable bonds is 4. The first kappa shape index (κ1) is 16.2. The predicted molar refractivity (Wildman–Crippen MR) is 87.2 cm³/mol. The van der Waals surface area contributed by atoms with Crippen LogP contribution in [0.4, 0.5) is 0 Å². The summed E-state index contributed by atoms with van der Waals surface area (Å²) in [6.07, 6.45) is 2.09. The van der Waals surface area contributed by atoms with Gasteiger partial charge < -0.3 is 29.9 Å². The lowest BCUT2D eigenvalue weighted by Gasteiger charge is -2.33. The van der Waals surface area contributed by atoms with E-state index in [2.05, 4.69) is 0 Å². The van der Waals surface area contributed by atoms with E-state index in [1.807, 2.05) is 6.07 Å². The average molecular weight is 330 g/mol. The quantitative estimate of drug-likeness (QED) is 0.640. The van der Waals surface area contributed by atoms with Gasteiger partial charge in [0.25, 0.3) is 0 Å². The fourth-order valence-electron chi connectivity index (χ4n) is 2.58. The molecule has 0 saturated carbocycles. The maximum atomic E-state index is 9.67. The van der Waals surface area contributed by atoms with E-state index < -0.39 is 12.2 Å². The molecule has 6 heteroatoms. The van der Waals surface area contributed by atoms with Crippen molar-refractivity contribution in [1.29, 1.82) is 0 Å². The molecule has 0 radical (unpaired) electrons. The highest BCUT2D eigenvalue weighted by molar-refractivity contribution is 5.56. The Bertz CT molecular complexity index is 755. The van der Waals surface area contributed by atoms with Gasteiger partial charge in [0.15, 0.2) is 35.2 Å². The Hall–Kier alpha value is -2.70. The topological polar surface area (TPSA) is 99.4 Å². The van der Waals surface area contributed by atoms with Crippen molar-refractivity contribution in [1.82, 2.24) is 0 Å². The zero-order valence-electron chi connectivity index (χ0n) is 12.8. The maximum Gasteiger partial charge on any atom is 0.163 e. The summed E-state index contributed by atoms with van der Waals surface area (Å²) < 4.78 is 11.7. The van der Waals surface area contributed by atoms with E-state index in [9.17, 15) is 15.3 Å². The van der Waals surface area contributed by atoms with Crippen LogP contribution in [-0.2, 0) is 0 Å². The van der Waals surface area contributed by atoms with Crippen molar-refractivity contribution < 1.29 is 29.9 Å². The number of ether oxygens (including phenoxy) is 2. The minimum absolute atomic E-state index is 0.0554. The molecule has 24 heavy (non-hydrogen) atoms. The van der Waals surface area contributed by atoms with Gasteiger partial charge in [-0.3, -0.25) is 0 Å². The van der Waals surface area contributed by atoms with Gasteiger partial charge in [0.05, 0.1) is 13.2 Å². The Balaban J connectivity index is 1.92. The summed E-state index contributed by atoms with van der Waals surface area (Å²) in [6, 6.07) is 9.67. The van der Waals surface area contributed by atoms with Crippen LogP contribution < -0.4 is 9.47 Å². The smallest absolute Gasteiger partial charge is 0.163 e. The molecule has 126 valence electrons. The van der Waals surface area contributed by atoms with Gasteiger partial charge in [-0.05, 0) is 29.8 Å². The molecular formula is C18H18O6. The van der Waals surface area contributed by atoms with Crippen LogP contribution in [0.25, 0.3) is 6.08 Å². The minimum Gasteiger partial charge on any atom is -0.504 e. The van der Waals surface area contributed by atoms with Crippen LogP contribution in [-0.4, -0.2) is 39.7 Å². The molecule has 2 atom stereocenters. The zero-order chi connectivity index (χ0) is 17.1. The van der Waals surface area contributed by atoms with Crippen LogP contribution in [0.15, 0.2) is 42.5 Å². The van der Waals surface area contributed by atoms with Crippen molar-refractivity contribution in [3.05, 3.63) is 53.6 Å². The van der Waals surface area contributed by atoms with E-state index in [0.29, 0.717) is 17.1 Å². The number of benzene rings is 2. The summed E-state index contributed by atoms with van der Waals surface area (Å²) in [7, 11) is 0. The molecule has 0 aromatic heterocycles. The maximum absolute atomic E-state index is 9.67. The molecule has 0 bridgehead atoms. The van der Waals surface area contributed by atoms with Gasteiger partial charge in [-0.2, -0.15) is 0 Å². The highest BCUT2D eigenvalue weighted by atomic mass is 16.6. The van der Waals surface area contributed by atoms with Gasteiger partial charge in [-0.1, -0.05) is 24.3 Å². The molecular weight excluding hydrogens is 312 g/mol. The number of phenolic OH excluding ortho intramolecular Hbond substituents is 2. The van der Waals surface area contributed by atoms with E-state index >= 15 is 0 Å². The van der Waals surface area contributed by atoms with Gasteiger partial charge in [-0.15, -0.1) is 0 Å². The Morgan fingerprint density at radius 2 is 1.75 bits per heavy atom. The number of fused-ring (bicyclic) bond motifs is 1. The number of aromatic hydroxyl groups is 2. The lowest BCUT2D eigenvalue weighted by molar-refractivity contribution is -0.0124. The van der Waals surface area contributed by atoms with Gasteiger partial charge in [-0.25, -0.2) is 0 Å². The highest BCUT2D eigenvalue weighted by Gasteiger charge is 2.33. The summed E-state index contributed by atoms with van der Waals surface area (Å²) in [5.74, 6) is 0.520. The number of aliphatic hydroxyl groups excluding tert-OH is 2. The molecule has 4 N–H and O–H groups in total. The molecule has 0 spiro atoms. The fourth-order valence-corrected chi connectivity index (χ4v) is 2.58. The van der Waals surface area contributed by atoms with Crippen LogP contribution in [0, 0.1) is 0 Å². The predicted octanol–water partition coefficient (Wildman–Crippen LogP) is 1.98. The van der Waals surface area contributed by atoms with Gasteiger partial charge in [0, 0.05) is 5.56 Å². The molecule has 3 rings (SSSR count). The Labute approximate surface area is 138 Å². The van der Waals surface area contributed by atoms with Gasteiger partial charge in [0.1, 0.15) is 0 Å². The second-order valence-corrected chi connectivity index (χ2v) is 5.42. The summed E-state index contributed by atoms with van der Waals surface area (Å²) in [4.78, 5) is 0. The minimum atomic E-state index is -0.654. The molecule has 6 nitrogen and oxygen atoms in total. The van der Waals surface area contributed by atoms with E-state index in [-0.39, 0.29) is 24.7 Å². The van der Waals surface area contributed by atoms with Crippen molar-refractivity contribution in [3.63, 3.8) is 0 Å². The number of hydrogen-bond donors (Lipinski definition) is 4. The van der Waals surface area contributed by atoms with E-state index in [4.69, 9.17) is 14.6 Å². The first-order valence-electron chi connectivity index (χ1n) is 7.50. The average Bonchev–Trinajstić information content (AvgIpc) is 2.61. The number of phenols is 2. The molecule has 1 aliphatic rings. The summed E-state index contributed by atoms with van der Waals surface area (Å²) in [5, 5.41) is 37.5. The summed E-state index contributed by atoms with van der Waals surface area (Å²) in [6.45, 7) is -0.331. The lowest BCUT2D eigenvalue weighted by atomic mass is 10.0. The second kappa shape index (κ2) is 6.82. The normalized spacial score (nSPS) is 19.6. The zero-order valence-corrected chi connectivity index (χ0v) is 12.8. The second-order valence-electron chi connectivity index (χ2n) is 5.42. The third-order valence-electron chi connectivity index (χ3n) is 3.76. The number of aliphatic hydroxyl groups is 2. The number of hydrogen-bond acceptors (Lipinski definition) is 6. The molecule has 2 aromatic rings. The van der Waals surface area contributed by atoms with Gasteiger partial charge in [0.2, 0.25) is 0 Å². The van der Waals surface area contributed by atoms with Crippen molar-refractivity contribution in [3.8, 4) is 23.0 Å².